The number of aromatic nitrogens is 1. The monoisotopic (exact) mass is 368 g/mol. The normalized spacial score (nSPS) is 9.92. The second kappa shape index (κ2) is 9.12. The van der Waals surface area contributed by atoms with Gasteiger partial charge in [-0.3, -0.25) is 4.79 Å². The summed E-state index contributed by atoms with van der Waals surface area (Å²) >= 11 is 2.62. The van der Waals surface area contributed by atoms with Crippen LogP contribution >= 0.6 is 23.5 Å². The van der Waals surface area contributed by atoms with Crippen molar-refractivity contribution >= 4 is 35.1 Å². The van der Waals surface area contributed by atoms with Crippen molar-refractivity contribution < 1.29 is 4.79 Å². The number of anilines is 1. The predicted molar refractivity (Wildman–Crippen MR) is 101 cm³/mol. The maximum absolute atomic E-state index is 12.3. The third-order valence-electron chi connectivity index (χ3n) is 3.22. The first-order valence-electron chi connectivity index (χ1n) is 7.45. The van der Waals surface area contributed by atoms with Crippen LogP contribution in [0.3, 0.4) is 0 Å². The molecule has 0 fully saturated rings. The number of nitrogens with one attached hydrogen (secondary N) is 1. The van der Waals surface area contributed by atoms with E-state index in [-0.39, 0.29) is 11.7 Å². The lowest BCUT2D eigenvalue weighted by atomic mass is 10.1. The number of hydrogen-bond acceptors (Lipinski definition) is 6. The molecule has 1 N–H and O–H groups in total. The molecule has 0 atom stereocenters. The molecule has 1 amide bonds. The number of nitriles is 2. The van der Waals surface area contributed by atoms with Gasteiger partial charge in [0.15, 0.2) is 0 Å². The Labute approximate surface area is 155 Å². The number of pyridine rings is 1. The first kappa shape index (κ1) is 18.9. The largest absolute Gasteiger partial charge is 0.324 e. The molecule has 25 heavy (non-hydrogen) atoms. The summed E-state index contributed by atoms with van der Waals surface area (Å²) in [6.07, 6.45) is 0. The van der Waals surface area contributed by atoms with Crippen LogP contribution in [0.1, 0.15) is 16.8 Å². The number of carbonyl (C=O) groups excluding carboxylic acids is 1. The Morgan fingerprint density at radius 3 is 2.72 bits per heavy atom. The molecule has 0 aliphatic rings. The van der Waals surface area contributed by atoms with Crippen LogP contribution in [0.15, 0.2) is 40.3 Å². The molecule has 0 bridgehead atoms. The summed E-state index contributed by atoms with van der Waals surface area (Å²) in [5, 5.41) is 21.4. The van der Waals surface area contributed by atoms with Crippen molar-refractivity contribution in [3.8, 4) is 12.1 Å². The van der Waals surface area contributed by atoms with Crippen molar-refractivity contribution in [3.63, 3.8) is 0 Å². The second-order valence-corrected chi connectivity index (χ2v) is 7.13. The Kier molecular flexibility index (Phi) is 6.88. The van der Waals surface area contributed by atoms with E-state index in [0.717, 1.165) is 16.2 Å². The van der Waals surface area contributed by atoms with Crippen molar-refractivity contribution in [1.82, 2.24) is 4.98 Å². The fourth-order valence-corrected chi connectivity index (χ4v) is 3.74. The molecular formula is C18H16N4OS2. The van der Waals surface area contributed by atoms with Gasteiger partial charge in [-0.1, -0.05) is 23.9 Å². The molecule has 0 saturated carbocycles. The van der Waals surface area contributed by atoms with Crippen LogP contribution in [0, 0.1) is 36.5 Å². The smallest absolute Gasteiger partial charge is 0.234 e. The zero-order chi connectivity index (χ0) is 18.2. The molecule has 1 heterocycles. The molecular weight excluding hydrogens is 352 g/mol. The molecule has 2 rings (SSSR count). The van der Waals surface area contributed by atoms with Crippen molar-refractivity contribution in [2.45, 2.75) is 23.8 Å². The van der Waals surface area contributed by atoms with Gasteiger partial charge >= 0.3 is 0 Å². The van der Waals surface area contributed by atoms with Crippen LogP contribution in [0.5, 0.6) is 0 Å². The standard InChI is InChI=1S/C18H16N4OS2/c1-12-9-13(2)21-18(14(12)10-20)25-11-17(23)22-15-5-3-4-6-16(15)24-8-7-19/h3-6,9H,8,11H2,1-2H3,(H,22,23). The summed E-state index contributed by atoms with van der Waals surface area (Å²) in [4.78, 5) is 17.5. The summed E-state index contributed by atoms with van der Waals surface area (Å²) in [5.41, 5.74) is 2.87. The molecule has 126 valence electrons. The number of nitrogens with zero attached hydrogens (tertiary/aromatic N) is 3. The number of thioether (sulfide) groups is 2. The molecule has 7 heteroatoms. The maximum atomic E-state index is 12.3. The molecule has 2 aromatic rings. The highest BCUT2D eigenvalue weighted by Gasteiger charge is 2.12. The lowest BCUT2D eigenvalue weighted by Crippen LogP contribution is -2.15. The number of para-hydroxylation sites is 1. The minimum absolute atomic E-state index is 0.155. The maximum Gasteiger partial charge on any atom is 0.234 e. The summed E-state index contributed by atoms with van der Waals surface area (Å²) in [6.45, 7) is 3.72. The van der Waals surface area contributed by atoms with Crippen LogP contribution in [-0.2, 0) is 4.79 Å². The van der Waals surface area contributed by atoms with Crippen LogP contribution in [0.4, 0.5) is 5.69 Å². The predicted octanol–water partition coefficient (Wildman–Crippen LogP) is 3.92. The van der Waals surface area contributed by atoms with Crippen molar-refractivity contribution in [1.29, 1.82) is 10.5 Å². The Bertz CT molecular complexity index is 868. The number of aryl methyl sites for hydroxylation is 2. The number of carbonyl (C=O) groups is 1. The van der Waals surface area contributed by atoms with Gasteiger partial charge in [-0.05, 0) is 37.6 Å². The highest BCUT2D eigenvalue weighted by atomic mass is 32.2. The number of hydrogen-bond donors (Lipinski definition) is 1. The summed E-state index contributed by atoms with van der Waals surface area (Å²) in [5.74, 6) is 0.293. The Morgan fingerprint density at radius 2 is 2.00 bits per heavy atom. The van der Waals surface area contributed by atoms with Gasteiger partial charge in [-0.15, -0.1) is 11.8 Å². The zero-order valence-corrected chi connectivity index (χ0v) is 15.5. The lowest BCUT2D eigenvalue weighted by molar-refractivity contribution is -0.113. The lowest BCUT2D eigenvalue weighted by Gasteiger charge is -2.10. The minimum atomic E-state index is -0.181. The van der Waals surface area contributed by atoms with Crippen LogP contribution in [-0.4, -0.2) is 22.4 Å². The fourth-order valence-electron chi connectivity index (χ4n) is 2.17. The molecule has 5 nitrogen and oxygen atoms in total. The average molecular weight is 368 g/mol. The van der Waals surface area contributed by atoms with E-state index in [4.69, 9.17) is 5.26 Å². The third kappa shape index (κ3) is 5.25. The molecule has 1 aromatic heterocycles. The number of rotatable bonds is 6. The van der Waals surface area contributed by atoms with Gasteiger partial charge in [0.1, 0.15) is 11.1 Å². The van der Waals surface area contributed by atoms with E-state index in [0.29, 0.717) is 22.0 Å². The molecule has 0 aliphatic carbocycles. The Morgan fingerprint density at radius 1 is 1.24 bits per heavy atom. The van der Waals surface area contributed by atoms with Crippen molar-refractivity contribution in [2.24, 2.45) is 0 Å². The van der Waals surface area contributed by atoms with Crippen LogP contribution in [0.25, 0.3) is 0 Å². The average Bonchev–Trinajstić information content (AvgIpc) is 2.59. The van der Waals surface area contributed by atoms with Gasteiger partial charge in [-0.2, -0.15) is 10.5 Å². The van der Waals surface area contributed by atoms with Crippen LogP contribution < -0.4 is 5.32 Å². The van der Waals surface area contributed by atoms with E-state index in [1.807, 2.05) is 38.1 Å². The number of benzene rings is 1. The first-order valence-corrected chi connectivity index (χ1v) is 9.42. The molecule has 0 unspecified atom stereocenters. The molecule has 0 spiro atoms. The van der Waals surface area contributed by atoms with E-state index in [2.05, 4.69) is 22.4 Å². The van der Waals surface area contributed by atoms with E-state index >= 15 is 0 Å². The van der Waals surface area contributed by atoms with Gasteiger partial charge in [0, 0.05) is 10.6 Å². The van der Waals surface area contributed by atoms with Gasteiger partial charge < -0.3 is 5.32 Å². The quantitative estimate of drug-likeness (QED) is 0.777. The zero-order valence-electron chi connectivity index (χ0n) is 13.9. The molecule has 0 radical (unpaired) electrons. The van der Waals surface area contributed by atoms with Crippen molar-refractivity contribution in [2.75, 3.05) is 16.8 Å². The van der Waals surface area contributed by atoms with E-state index in [1.54, 1.807) is 6.07 Å². The molecule has 0 aliphatic heterocycles. The number of amides is 1. The van der Waals surface area contributed by atoms with E-state index in [9.17, 15) is 10.1 Å². The molecule has 1 aromatic carbocycles. The van der Waals surface area contributed by atoms with E-state index in [1.165, 1.54) is 23.5 Å². The summed E-state index contributed by atoms with van der Waals surface area (Å²) in [6, 6.07) is 13.4. The highest BCUT2D eigenvalue weighted by Crippen LogP contribution is 2.28. The third-order valence-corrected chi connectivity index (χ3v) is 5.13. The van der Waals surface area contributed by atoms with Gasteiger partial charge in [-0.25, -0.2) is 4.98 Å². The first-order chi connectivity index (χ1) is 12.0. The fraction of sp³-hybridized carbons (Fsp3) is 0.222. The summed E-state index contributed by atoms with van der Waals surface area (Å²) < 4.78 is 0. The highest BCUT2D eigenvalue weighted by molar-refractivity contribution is 8.00. The molecule has 0 saturated heterocycles. The Hall–Kier alpha value is -2.48. The second-order valence-electron chi connectivity index (χ2n) is 5.15. The van der Waals surface area contributed by atoms with Crippen LogP contribution in [0.2, 0.25) is 0 Å². The van der Waals surface area contributed by atoms with Gasteiger partial charge in [0.2, 0.25) is 5.91 Å². The van der Waals surface area contributed by atoms with Crippen molar-refractivity contribution in [3.05, 3.63) is 47.2 Å². The topological polar surface area (TPSA) is 89.6 Å². The summed E-state index contributed by atoms with van der Waals surface area (Å²) in [7, 11) is 0. The SMILES string of the molecule is Cc1cc(C)c(C#N)c(SCC(=O)Nc2ccccc2SCC#N)n1. The van der Waals surface area contributed by atoms with Gasteiger partial charge in [0.05, 0.1) is 28.8 Å². The minimum Gasteiger partial charge on any atom is -0.324 e. The van der Waals surface area contributed by atoms with Gasteiger partial charge in [0.25, 0.3) is 0 Å². The van der Waals surface area contributed by atoms with E-state index < -0.39 is 0 Å². The Balaban J connectivity index is 2.06.